The minimum Gasteiger partial charge on any atom is -0.497 e. The summed E-state index contributed by atoms with van der Waals surface area (Å²) >= 11 is 1.42. The summed E-state index contributed by atoms with van der Waals surface area (Å²) in [5.41, 5.74) is 0. The topological polar surface area (TPSA) is 74.1 Å². The molecule has 0 bridgehead atoms. The van der Waals surface area contributed by atoms with Gasteiger partial charge in [-0.3, -0.25) is 0 Å². The zero-order valence-electron chi connectivity index (χ0n) is 14.1. The van der Waals surface area contributed by atoms with Crippen LogP contribution in [0.5, 0.6) is 5.75 Å². The van der Waals surface area contributed by atoms with Crippen LogP contribution in [0.3, 0.4) is 0 Å². The summed E-state index contributed by atoms with van der Waals surface area (Å²) in [5.74, 6) is 2.46. The van der Waals surface area contributed by atoms with Crippen LogP contribution >= 0.6 is 11.8 Å². The van der Waals surface area contributed by atoms with Gasteiger partial charge in [0.2, 0.25) is 0 Å². The average molecular weight is 380 g/mol. The van der Waals surface area contributed by atoms with Crippen molar-refractivity contribution in [3.8, 4) is 5.75 Å². The Balaban J connectivity index is 1.67. The van der Waals surface area contributed by atoms with Crippen LogP contribution in [0, 0.1) is 0 Å². The molecule has 3 rings (SSSR count). The molecule has 1 aromatic carbocycles. The number of thioether (sulfide) groups is 1. The van der Waals surface area contributed by atoms with Crippen LogP contribution in [0.1, 0.15) is 24.6 Å². The molecule has 1 aliphatic carbocycles. The number of benzene rings is 1. The fourth-order valence-corrected chi connectivity index (χ4v) is 5.14. The van der Waals surface area contributed by atoms with Gasteiger partial charge in [-0.05, 0) is 31.0 Å². The maximum absolute atomic E-state index is 12.5. The number of hydrogen-bond acceptors (Lipinski definition) is 6. The van der Waals surface area contributed by atoms with Gasteiger partial charge in [-0.25, -0.2) is 8.42 Å². The first-order valence-electron chi connectivity index (χ1n) is 8.08. The Kier molecular flexibility index (Phi) is 5.48. The van der Waals surface area contributed by atoms with E-state index in [2.05, 4.69) is 16.8 Å². The fraction of sp³-hybridized carbons (Fsp3) is 0.412. The lowest BCUT2D eigenvalue weighted by molar-refractivity contribution is 0.413. The van der Waals surface area contributed by atoms with Gasteiger partial charge in [0, 0.05) is 18.2 Å². The molecule has 0 atom stereocenters. The highest BCUT2D eigenvalue weighted by molar-refractivity contribution is 8.00. The van der Waals surface area contributed by atoms with Crippen molar-refractivity contribution >= 4 is 21.6 Å². The fourth-order valence-electron chi connectivity index (χ4n) is 2.51. The van der Waals surface area contributed by atoms with Gasteiger partial charge in [0.25, 0.3) is 0 Å². The van der Waals surface area contributed by atoms with Crippen LogP contribution in [-0.2, 0) is 16.4 Å². The summed E-state index contributed by atoms with van der Waals surface area (Å²) in [4.78, 5) is 0.277. The summed E-state index contributed by atoms with van der Waals surface area (Å²) in [6.07, 6.45) is 4.10. The van der Waals surface area contributed by atoms with E-state index in [1.807, 2.05) is 10.6 Å². The maximum atomic E-state index is 12.5. The number of sulfone groups is 1. The quantitative estimate of drug-likeness (QED) is 0.493. The molecule has 8 heteroatoms. The highest BCUT2D eigenvalue weighted by Crippen LogP contribution is 2.40. The van der Waals surface area contributed by atoms with E-state index in [4.69, 9.17) is 4.74 Å². The minimum absolute atomic E-state index is 0.0323. The molecule has 1 heterocycles. The van der Waals surface area contributed by atoms with Crippen LogP contribution in [0.2, 0.25) is 0 Å². The standard InChI is InChI=1S/C17H21N3O3S2/c1-3-9-20-16(13-7-8-13)18-19-17(20)24-10-11-25(21,22)15-6-4-5-14(12-15)23-2/h3-6,12-13H,1,7-11H2,2H3. The van der Waals surface area contributed by atoms with Crippen LogP contribution in [-0.4, -0.2) is 41.8 Å². The summed E-state index contributed by atoms with van der Waals surface area (Å²) in [7, 11) is -1.84. The summed E-state index contributed by atoms with van der Waals surface area (Å²) in [6, 6.07) is 6.55. The Hall–Kier alpha value is -1.80. The first-order chi connectivity index (χ1) is 12.0. The first-order valence-corrected chi connectivity index (χ1v) is 10.7. The van der Waals surface area contributed by atoms with Crippen molar-refractivity contribution in [3.05, 3.63) is 42.7 Å². The van der Waals surface area contributed by atoms with E-state index >= 15 is 0 Å². The molecule has 0 radical (unpaired) electrons. The molecule has 1 aromatic heterocycles. The molecule has 1 saturated carbocycles. The lowest BCUT2D eigenvalue weighted by atomic mass is 10.3. The third-order valence-corrected chi connectivity index (χ3v) is 6.92. The Morgan fingerprint density at radius 2 is 2.20 bits per heavy atom. The van der Waals surface area contributed by atoms with Gasteiger partial charge >= 0.3 is 0 Å². The van der Waals surface area contributed by atoms with Crippen molar-refractivity contribution in [3.63, 3.8) is 0 Å². The predicted octanol–water partition coefficient (Wildman–Crippen LogP) is 2.92. The van der Waals surface area contributed by atoms with Crippen molar-refractivity contribution in [1.29, 1.82) is 0 Å². The number of rotatable bonds is 9. The molecule has 0 saturated heterocycles. The molecule has 25 heavy (non-hydrogen) atoms. The molecule has 0 unspecified atom stereocenters. The number of hydrogen-bond donors (Lipinski definition) is 0. The van der Waals surface area contributed by atoms with Gasteiger partial charge in [0.15, 0.2) is 15.0 Å². The van der Waals surface area contributed by atoms with E-state index in [-0.39, 0.29) is 10.6 Å². The van der Waals surface area contributed by atoms with Crippen LogP contribution < -0.4 is 4.74 Å². The Bertz CT molecular complexity index is 858. The van der Waals surface area contributed by atoms with Crippen LogP contribution in [0.15, 0.2) is 47.0 Å². The van der Waals surface area contributed by atoms with Gasteiger partial charge in [0.1, 0.15) is 11.6 Å². The number of methoxy groups -OCH3 is 1. The molecular weight excluding hydrogens is 358 g/mol. The largest absolute Gasteiger partial charge is 0.497 e. The second kappa shape index (κ2) is 7.61. The van der Waals surface area contributed by atoms with Crippen LogP contribution in [0.4, 0.5) is 0 Å². The highest BCUT2D eigenvalue weighted by atomic mass is 32.2. The SMILES string of the molecule is C=CCn1c(SCCS(=O)(=O)c2cccc(OC)c2)nnc1C1CC1. The van der Waals surface area contributed by atoms with Crippen molar-refractivity contribution < 1.29 is 13.2 Å². The first kappa shape index (κ1) is 18.0. The van der Waals surface area contributed by atoms with E-state index in [0.29, 0.717) is 24.0 Å². The third kappa shape index (κ3) is 4.24. The van der Waals surface area contributed by atoms with Gasteiger partial charge < -0.3 is 9.30 Å². The van der Waals surface area contributed by atoms with Crippen molar-refractivity contribution in [2.24, 2.45) is 0 Å². The number of nitrogens with zero attached hydrogens (tertiary/aromatic N) is 3. The highest BCUT2D eigenvalue weighted by Gasteiger charge is 2.30. The maximum Gasteiger partial charge on any atom is 0.191 e. The van der Waals surface area contributed by atoms with E-state index in [9.17, 15) is 8.42 Å². The second-order valence-corrected chi connectivity index (χ2v) is 9.03. The molecule has 0 aliphatic heterocycles. The molecule has 6 nitrogen and oxygen atoms in total. The number of allylic oxidation sites excluding steroid dienone is 1. The Morgan fingerprint density at radius 3 is 2.88 bits per heavy atom. The van der Waals surface area contributed by atoms with Crippen molar-refractivity contribution in [2.75, 3.05) is 18.6 Å². The van der Waals surface area contributed by atoms with Gasteiger partial charge in [-0.2, -0.15) is 0 Å². The smallest absolute Gasteiger partial charge is 0.191 e. The van der Waals surface area contributed by atoms with E-state index < -0.39 is 9.84 Å². The Labute approximate surface area is 152 Å². The molecule has 134 valence electrons. The normalized spacial score (nSPS) is 14.4. The monoisotopic (exact) mass is 379 g/mol. The summed E-state index contributed by atoms with van der Waals surface area (Å²) in [5, 5.41) is 9.25. The van der Waals surface area contributed by atoms with Crippen molar-refractivity contribution in [1.82, 2.24) is 14.8 Å². The summed E-state index contributed by atoms with van der Waals surface area (Å²) < 4.78 is 32.1. The number of ether oxygens (including phenoxy) is 1. The second-order valence-electron chi connectivity index (χ2n) is 5.86. The van der Waals surface area contributed by atoms with Gasteiger partial charge in [-0.1, -0.05) is 23.9 Å². The minimum atomic E-state index is -3.36. The zero-order valence-corrected chi connectivity index (χ0v) is 15.7. The van der Waals surface area contributed by atoms with E-state index in [0.717, 1.165) is 23.8 Å². The molecule has 1 fully saturated rings. The number of aromatic nitrogens is 3. The zero-order chi connectivity index (χ0) is 17.9. The molecule has 0 N–H and O–H groups in total. The lowest BCUT2D eigenvalue weighted by Gasteiger charge is -2.08. The van der Waals surface area contributed by atoms with E-state index in [1.54, 1.807) is 24.3 Å². The van der Waals surface area contributed by atoms with Crippen molar-refractivity contribution in [2.45, 2.75) is 35.4 Å². The molecule has 0 amide bonds. The molecule has 2 aromatic rings. The van der Waals surface area contributed by atoms with Crippen LogP contribution in [0.25, 0.3) is 0 Å². The summed E-state index contributed by atoms with van der Waals surface area (Å²) in [6.45, 7) is 4.42. The molecule has 0 spiro atoms. The predicted molar refractivity (Wildman–Crippen MR) is 98.0 cm³/mol. The van der Waals surface area contributed by atoms with E-state index in [1.165, 1.54) is 18.9 Å². The molecule has 1 aliphatic rings. The Morgan fingerprint density at radius 1 is 1.40 bits per heavy atom. The average Bonchev–Trinajstić information content (AvgIpc) is 3.38. The van der Waals surface area contributed by atoms with Gasteiger partial charge in [0.05, 0.1) is 17.8 Å². The van der Waals surface area contributed by atoms with Gasteiger partial charge in [-0.15, -0.1) is 16.8 Å². The third-order valence-electron chi connectivity index (χ3n) is 3.98. The lowest BCUT2D eigenvalue weighted by Crippen LogP contribution is -2.10. The molecular formula is C17H21N3O3S2.